The van der Waals surface area contributed by atoms with Gasteiger partial charge in [-0.3, -0.25) is 9.48 Å². The largest absolute Gasteiger partial charge is 0.349 e. The smallest absolute Gasteiger partial charge is 0.224 e. The van der Waals surface area contributed by atoms with E-state index >= 15 is 0 Å². The summed E-state index contributed by atoms with van der Waals surface area (Å²) < 4.78 is 2.05. The van der Waals surface area contributed by atoms with Crippen molar-refractivity contribution >= 4 is 29.1 Å². The van der Waals surface area contributed by atoms with Gasteiger partial charge in [-0.25, -0.2) is 0 Å². The molecule has 0 bridgehead atoms. The van der Waals surface area contributed by atoms with Crippen molar-refractivity contribution in [3.05, 3.63) is 87.2 Å². The van der Waals surface area contributed by atoms with E-state index in [0.717, 1.165) is 36.9 Å². The summed E-state index contributed by atoms with van der Waals surface area (Å²) in [6.07, 6.45) is 5.07. The second-order valence-corrected chi connectivity index (χ2v) is 7.96. The molecule has 1 amide bonds. The monoisotopic (exact) mass is 413 g/mol. The van der Waals surface area contributed by atoms with Crippen LogP contribution in [0.4, 0.5) is 0 Å². The molecule has 0 saturated carbocycles. The quantitative estimate of drug-likeness (QED) is 0.641. The highest BCUT2D eigenvalue weighted by Gasteiger charge is 2.25. The van der Waals surface area contributed by atoms with E-state index in [0.29, 0.717) is 10.0 Å². The van der Waals surface area contributed by atoms with Crippen molar-refractivity contribution in [3.8, 4) is 0 Å². The summed E-state index contributed by atoms with van der Waals surface area (Å²) in [5.74, 6) is -0.0436. The first-order valence-corrected chi connectivity index (χ1v) is 10.2. The van der Waals surface area contributed by atoms with E-state index in [-0.39, 0.29) is 18.4 Å². The third-order valence-electron chi connectivity index (χ3n) is 5.14. The first kappa shape index (κ1) is 19.0. The maximum Gasteiger partial charge on any atom is 0.224 e. The van der Waals surface area contributed by atoms with Crippen LogP contribution in [-0.2, 0) is 24.2 Å². The first-order chi connectivity index (χ1) is 13.6. The molecule has 6 heteroatoms. The Morgan fingerprint density at radius 3 is 2.79 bits per heavy atom. The number of carbonyl (C=O) groups excluding carboxylic acids is 1. The average molecular weight is 414 g/mol. The number of amides is 1. The lowest BCUT2D eigenvalue weighted by Gasteiger charge is -2.24. The number of nitrogens with one attached hydrogen (secondary N) is 1. The number of fused-ring (bicyclic) bond motifs is 1. The number of nitrogens with zero attached hydrogens (tertiary/aromatic N) is 2. The van der Waals surface area contributed by atoms with Gasteiger partial charge < -0.3 is 5.32 Å². The van der Waals surface area contributed by atoms with Gasteiger partial charge in [-0.2, -0.15) is 5.10 Å². The van der Waals surface area contributed by atoms with Gasteiger partial charge in [0.2, 0.25) is 5.91 Å². The number of hydrogen-bond acceptors (Lipinski definition) is 2. The molecular weight excluding hydrogens is 393 g/mol. The number of carbonyl (C=O) groups is 1. The van der Waals surface area contributed by atoms with Crippen LogP contribution in [0.25, 0.3) is 0 Å². The Balaban J connectivity index is 1.46. The standard InChI is InChI=1S/C22H21Cl2N3O/c23-17-10-9-16(19(24)12-17)11-22(28)26-20-7-4-8-21-18(20)13-25-27(21)14-15-5-2-1-3-6-15/h1-3,5-6,9-10,12-13,20H,4,7-8,11,14H2,(H,26,28). The number of halogens is 2. The van der Waals surface area contributed by atoms with Gasteiger partial charge in [0.25, 0.3) is 0 Å². The SMILES string of the molecule is O=C(Cc1ccc(Cl)cc1Cl)NC1CCCc2c1cnn2Cc1ccccc1. The number of rotatable bonds is 5. The normalized spacial score (nSPS) is 15.9. The van der Waals surface area contributed by atoms with Crippen LogP contribution in [-0.4, -0.2) is 15.7 Å². The predicted molar refractivity (Wildman–Crippen MR) is 112 cm³/mol. The summed E-state index contributed by atoms with van der Waals surface area (Å²) in [5.41, 5.74) is 4.33. The molecule has 28 heavy (non-hydrogen) atoms. The predicted octanol–water partition coefficient (Wildman–Crippen LogP) is 4.97. The minimum Gasteiger partial charge on any atom is -0.349 e. The zero-order valence-electron chi connectivity index (χ0n) is 15.4. The van der Waals surface area contributed by atoms with Crippen LogP contribution in [0.15, 0.2) is 54.7 Å². The minimum atomic E-state index is -0.0436. The van der Waals surface area contributed by atoms with Gasteiger partial charge in [0.05, 0.1) is 25.2 Å². The molecule has 0 saturated heterocycles. The average Bonchev–Trinajstić information content (AvgIpc) is 3.09. The van der Waals surface area contributed by atoms with E-state index < -0.39 is 0 Å². The molecule has 4 nitrogen and oxygen atoms in total. The van der Waals surface area contributed by atoms with Crippen molar-refractivity contribution < 1.29 is 4.79 Å². The summed E-state index contributed by atoms with van der Waals surface area (Å²) in [4.78, 5) is 12.6. The van der Waals surface area contributed by atoms with Gasteiger partial charge in [0.1, 0.15) is 0 Å². The lowest BCUT2D eigenvalue weighted by Crippen LogP contribution is -2.32. The van der Waals surface area contributed by atoms with Gasteiger partial charge in [0.15, 0.2) is 0 Å². The van der Waals surface area contributed by atoms with Crippen molar-refractivity contribution in [1.82, 2.24) is 15.1 Å². The molecule has 2 aromatic carbocycles. The Labute approximate surface area is 174 Å². The second-order valence-electron chi connectivity index (χ2n) is 7.11. The highest BCUT2D eigenvalue weighted by Crippen LogP contribution is 2.30. The fourth-order valence-corrected chi connectivity index (χ4v) is 4.22. The molecule has 1 N–H and O–H groups in total. The zero-order valence-corrected chi connectivity index (χ0v) is 16.9. The molecule has 1 unspecified atom stereocenters. The van der Waals surface area contributed by atoms with Crippen molar-refractivity contribution in [1.29, 1.82) is 0 Å². The Hall–Kier alpha value is -2.30. The summed E-state index contributed by atoms with van der Waals surface area (Å²) >= 11 is 12.1. The van der Waals surface area contributed by atoms with Crippen LogP contribution in [0.5, 0.6) is 0 Å². The van der Waals surface area contributed by atoms with E-state index in [4.69, 9.17) is 23.2 Å². The van der Waals surface area contributed by atoms with Crippen LogP contribution in [0, 0.1) is 0 Å². The summed E-state index contributed by atoms with van der Waals surface area (Å²) in [6, 6.07) is 15.5. The molecule has 0 radical (unpaired) electrons. The fourth-order valence-electron chi connectivity index (χ4n) is 3.74. The van der Waals surface area contributed by atoms with Gasteiger partial charge in [-0.1, -0.05) is 59.6 Å². The molecule has 1 aliphatic carbocycles. The van der Waals surface area contributed by atoms with Crippen molar-refractivity contribution in [2.24, 2.45) is 0 Å². The van der Waals surface area contributed by atoms with Crippen LogP contribution >= 0.6 is 23.2 Å². The van der Waals surface area contributed by atoms with Gasteiger partial charge in [-0.05, 0) is 42.5 Å². The van der Waals surface area contributed by atoms with Gasteiger partial charge >= 0.3 is 0 Å². The van der Waals surface area contributed by atoms with Crippen molar-refractivity contribution in [2.75, 3.05) is 0 Å². The molecular formula is C22H21Cl2N3O. The Morgan fingerprint density at radius 2 is 2.00 bits per heavy atom. The van der Waals surface area contributed by atoms with Crippen LogP contribution in [0.2, 0.25) is 10.0 Å². The van der Waals surface area contributed by atoms with E-state index in [1.807, 2.05) is 24.4 Å². The molecule has 144 valence electrons. The van der Waals surface area contributed by atoms with Crippen molar-refractivity contribution in [2.45, 2.75) is 38.3 Å². The Morgan fingerprint density at radius 1 is 1.18 bits per heavy atom. The van der Waals surface area contributed by atoms with Crippen LogP contribution in [0.1, 0.15) is 41.3 Å². The molecule has 1 aromatic heterocycles. The minimum absolute atomic E-state index is 0.00755. The Bertz CT molecular complexity index is 985. The van der Waals surface area contributed by atoms with E-state index in [1.165, 1.54) is 11.3 Å². The fraction of sp³-hybridized carbons (Fsp3) is 0.273. The summed E-state index contributed by atoms with van der Waals surface area (Å²) in [7, 11) is 0. The van der Waals surface area contributed by atoms with Crippen molar-refractivity contribution in [3.63, 3.8) is 0 Å². The molecule has 1 heterocycles. The molecule has 0 aliphatic heterocycles. The molecule has 0 fully saturated rings. The molecule has 3 aromatic rings. The maximum atomic E-state index is 12.6. The highest BCUT2D eigenvalue weighted by atomic mass is 35.5. The lowest BCUT2D eigenvalue weighted by atomic mass is 9.92. The number of benzene rings is 2. The van der Waals surface area contributed by atoms with Crippen LogP contribution < -0.4 is 5.32 Å². The summed E-state index contributed by atoms with van der Waals surface area (Å²) in [6.45, 7) is 0.747. The molecule has 4 rings (SSSR count). The zero-order chi connectivity index (χ0) is 19.5. The van der Waals surface area contributed by atoms with Crippen LogP contribution in [0.3, 0.4) is 0 Å². The first-order valence-electron chi connectivity index (χ1n) is 9.42. The third kappa shape index (κ3) is 4.23. The number of aromatic nitrogens is 2. The molecule has 0 spiro atoms. The van der Waals surface area contributed by atoms with Gasteiger partial charge in [0, 0.05) is 21.3 Å². The van der Waals surface area contributed by atoms with Gasteiger partial charge in [-0.15, -0.1) is 0 Å². The highest BCUT2D eigenvalue weighted by molar-refractivity contribution is 6.35. The van der Waals surface area contributed by atoms with E-state index in [9.17, 15) is 4.79 Å². The topological polar surface area (TPSA) is 46.9 Å². The third-order valence-corrected chi connectivity index (χ3v) is 5.73. The molecule has 1 atom stereocenters. The van der Waals surface area contributed by atoms with E-state index in [2.05, 4.69) is 27.2 Å². The second kappa shape index (κ2) is 8.38. The van der Waals surface area contributed by atoms with E-state index in [1.54, 1.807) is 18.2 Å². The molecule has 1 aliphatic rings. The maximum absolute atomic E-state index is 12.6. The lowest BCUT2D eigenvalue weighted by molar-refractivity contribution is -0.121. The summed E-state index contributed by atoms with van der Waals surface area (Å²) in [5, 5.41) is 8.83. The number of hydrogen-bond donors (Lipinski definition) is 1. The Kier molecular flexibility index (Phi) is 5.69.